The van der Waals surface area contributed by atoms with E-state index in [2.05, 4.69) is 55.4 Å². The maximum atomic E-state index is 13.0. The Morgan fingerprint density at radius 2 is 0.545 bits per heavy atom. The zero-order valence-electron chi connectivity index (χ0n) is 57.3. The SMILES string of the molecule is CCC(C)CCCCCCCCCCCCC(=O)O[C@H](COC(=O)CCCCCCCCCC(C)C)COP(=O)(O)OCC(O)COP(=O)(O)OC[C@@H](COC(=O)CCCCCCCCCCC(C)CC)OC(=O)CCCCCCCCCCCC(C)C. The molecule has 0 spiro atoms. The second kappa shape index (κ2) is 58.8. The van der Waals surface area contributed by atoms with Crippen molar-refractivity contribution in [2.24, 2.45) is 23.7 Å². The summed E-state index contributed by atoms with van der Waals surface area (Å²) in [5.41, 5.74) is 0. The molecule has 0 bridgehead atoms. The number of phosphoric ester groups is 2. The highest BCUT2D eigenvalue weighted by molar-refractivity contribution is 7.47. The number of rotatable bonds is 66. The molecule has 5 unspecified atom stereocenters. The van der Waals surface area contributed by atoms with Crippen LogP contribution in [0.4, 0.5) is 0 Å². The number of carbonyl (C=O) groups excluding carboxylic acids is 4. The van der Waals surface area contributed by atoms with E-state index in [9.17, 15) is 43.2 Å². The van der Waals surface area contributed by atoms with Crippen LogP contribution in [-0.2, 0) is 65.4 Å². The number of unbranched alkanes of at least 4 members (excludes halogenated alkanes) is 30. The highest BCUT2D eigenvalue weighted by Crippen LogP contribution is 2.45. The van der Waals surface area contributed by atoms with Gasteiger partial charge in [0.1, 0.15) is 19.3 Å². The largest absolute Gasteiger partial charge is 0.472 e. The molecule has 0 saturated carbocycles. The first-order chi connectivity index (χ1) is 42.2. The van der Waals surface area contributed by atoms with Gasteiger partial charge in [-0.1, -0.05) is 287 Å². The van der Waals surface area contributed by atoms with Gasteiger partial charge in [-0.2, -0.15) is 0 Å². The zero-order valence-corrected chi connectivity index (χ0v) is 59.1. The molecule has 0 fully saturated rings. The van der Waals surface area contributed by atoms with Crippen LogP contribution in [0.2, 0.25) is 0 Å². The Kier molecular flexibility index (Phi) is 57.6. The monoisotopic (exact) mass is 1300 g/mol. The van der Waals surface area contributed by atoms with E-state index >= 15 is 0 Å². The zero-order chi connectivity index (χ0) is 65.4. The number of ether oxygens (including phenoxy) is 4. The van der Waals surface area contributed by atoms with E-state index < -0.39 is 97.5 Å². The number of aliphatic hydroxyl groups excluding tert-OH is 1. The molecule has 7 atom stereocenters. The standard InChI is InChI=1S/C69H134O17P2/c1-9-61(7)47-39-31-23-15-11-12-16-26-35-43-51-68(73)85-65(56-80-67(72)50-42-34-28-20-22-30-38-46-60(5)6)58-84-88(77,78)82-54-63(70)53-81-87(75,76)83-57-64(86-69(74)52-44-36-27-17-13-14-21-29-37-45-59(3)4)55-79-66(71)49-41-33-25-19-18-24-32-40-48-62(8)10-2/h59-65,70H,9-58H2,1-8H3,(H,75,76)(H,77,78)/t61?,62?,63?,64-,65-/m1/s1. The smallest absolute Gasteiger partial charge is 0.462 e. The van der Waals surface area contributed by atoms with Crippen molar-refractivity contribution in [1.82, 2.24) is 0 Å². The lowest BCUT2D eigenvalue weighted by Crippen LogP contribution is -2.30. The van der Waals surface area contributed by atoms with E-state index in [0.29, 0.717) is 31.6 Å². The number of hydrogen-bond acceptors (Lipinski definition) is 15. The molecule has 0 saturated heterocycles. The first-order valence-corrected chi connectivity index (χ1v) is 38.8. The Morgan fingerprint density at radius 3 is 0.807 bits per heavy atom. The predicted molar refractivity (Wildman–Crippen MR) is 354 cm³/mol. The molecule has 0 heterocycles. The molecule has 0 amide bonds. The topological polar surface area (TPSA) is 237 Å². The van der Waals surface area contributed by atoms with E-state index in [4.69, 9.17) is 37.0 Å². The first-order valence-electron chi connectivity index (χ1n) is 35.8. The van der Waals surface area contributed by atoms with Crippen molar-refractivity contribution in [1.29, 1.82) is 0 Å². The van der Waals surface area contributed by atoms with Crippen molar-refractivity contribution in [2.45, 2.75) is 356 Å². The van der Waals surface area contributed by atoms with E-state index in [1.807, 2.05) is 0 Å². The van der Waals surface area contributed by atoms with Crippen LogP contribution in [0.25, 0.3) is 0 Å². The Bertz CT molecular complexity index is 1750. The number of hydrogen-bond donors (Lipinski definition) is 3. The number of carbonyl (C=O) groups is 4. The molecule has 17 nitrogen and oxygen atoms in total. The van der Waals surface area contributed by atoms with Crippen LogP contribution >= 0.6 is 15.6 Å². The van der Waals surface area contributed by atoms with Gasteiger partial charge in [0.15, 0.2) is 12.2 Å². The van der Waals surface area contributed by atoms with Crippen LogP contribution in [0, 0.1) is 23.7 Å². The average molecular weight is 1300 g/mol. The predicted octanol–water partition coefficient (Wildman–Crippen LogP) is 19.3. The number of aliphatic hydroxyl groups is 1. The van der Waals surface area contributed by atoms with Crippen molar-refractivity contribution in [3.63, 3.8) is 0 Å². The maximum Gasteiger partial charge on any atom is 0.472 e. The van der Waals surface area contributed by atoms with Crippen LogP contribution < -0.4 is 0 Å². The summed E-state index contributed by atoms with van der Waals surface area (Å²) in [4.78, 5) is 72.5. The molecule has 0 aliphatic heterocycles. The highest BCUT2D eigenvalue weighted by atomic mass is 31.2. The molecule has 88 heavy (non-hydrogen) atoms. The average Bonchev–Trinajstić information content (AvgIpc) is 3.61. The molecule has 3 N–H and O–H groups in total. The van der Waals surface area contributed by atoms with Crippen molar-refractivity contribution in [3.8, 4) is 0 Å². The van der Waals surface area contributed by atoms with Crippen molar-refractivity contribution in [2.75, 3.05) is 39.6 Å². The summed E-state index contributed by atoms with van der Waals surface area (Å²) >= 11 is 0. The Balaban J connectivity index is 5.27. The Morgan fingerprint density at radius 1 is 0.318 bits per heavy atom. The Labute approximate surface area is 537 Å². The third-order valence-electron chi connectivity index (χ3n) is 16.5. The second-order valence-corrected chi connectivity index (χ2v) is 29.3. The molecule has 0 aromatic rings. The quantitative estimate of drug-likeness (QED) is 0.0222. The van der Waals surface area contributed by atoms with E-state index in [1.165, 1.54) is 135 Å². The summed E-state index contributed by atoms with van der Waals surface area (Å²) in [5, 5.41) is 10.6. The summed E-state index contributed by atoms with van der Waals surface area (Å²) in [7, 11) is -9.90. The number of phosphoric acid groups is 2. The fraction of sp³-hybridized carbons (Fsp3) is 0.942. The van der Waals surface area contributed by atoms with Gasteiger partial charge >= 0.3 is 39.5 Å². The van der Waals surface area contributed by atoms with Gasteiger partial charge in [-0.15, -0.1) is 0 Å². The first kappa shape index (κ1) is 86.1. The lowest BCUT2D eigenvalue weighted by Gasteiger charge is -2.21. The maximum absolute atomic E-state index is 13.0. The van der Waals surface area contributed by atoms with Crippen LogP contribution in [-0.4, -0.2) is 96.7 Å². The van der Waals surface area contributed by atoms with Gasteiger partial charge in [0.25, 0.3) is 0 Å². The molecule has 19 heteroatoms. The molecular weight excluding hydrogens is 1160 g/mol. The van der Waals surface area contributed by atoms with Crippen LogP contribution in [0.3, 0.4) is 0 Å². The van der Waals surface area contributed by atoms with Crippen molar-refractivity contribution in [3.05, 3.63) is 0 Å². The second-order valence-electron chi connectivity index (χ2n) is 26.4. The van der Waals surface area contributed by atoms with Crippen molar-refractivity contribution >= 4 is 39.5 Å². The van der Waals surface area contributed by atoms with Gasteiger partial charge in [0, 0.05) is 25.7 Å². The minimum atomic E-state index is -4.95. The van der Waals surface area contributed by atoms with Gasteiger partial charge in [-0.3, -0.25) is 37.3 Å². The summed E-state index contributed by atoms with van der Waals surface area (Å²) in [6.45, 7) is 14.1. The fourth-order valence-corrected chi connectivity index (χ4v) is 11.8. The van der Waals surface area contributed by atoms with Crippen LogP contribution in [0.5, 0.6) is 0 Å². The lowest BCUT2D eigenvalue weighted by molar-refractivity contribution is -0.161. The minimum Gasteiger partial charge on any atom is -0.462 e. The summed E-state index contributed by atoms with van der Waals surface area (Å²) < 4.78 is 68.2. The Hall–Kier alpha value is -1.94. The van der Waals surface area contributed by atoms with E-state index in [1.54, 1.807) is 0 Å². The molecule has 0 rings (SSSR count). The molecule has 0 aliphatic rings. The molecule has 522 valence electrons. The molecule has 0 aromatic heterocycles. The molecule has 0 aromatic carbocycles. The third kappa shape index (κ3) is 60.3. The molecule has 0 radical (unpaired) electrons. The van der Waals surface area contributed by atoms with Gasteiger partial charge in [-0.25, -0.2) is 9.13 Å². The van der Waals surface area contributed by atoms with Crippen molar-refractivity contribution < 1.29 is 80.2 Å². The summed E-state index contributed by atoms with van der Waals surface area (Å²) in [6.07, 6.45) is 40.2. The highest BCUT2D eigenvalue weighted by Gasteiger charge is 2.30. The summed E-state index contributed by atoms with van der Waals surface area (Å²) in [5.74, 6) is 0.890. The number of esters is 4. The van der Waals surface area contributed by atoms with Gasteiger partial charge in [0.05, 0.1) is 26.4 Å². The normalized spacial score (nSPS) is 14.9. The molecular formula is C69H134O17P2. The van der Waals surface area contributed by atoms with E-state index in [0.717, 1.165) is 114 Å². The van der Waals surface area contributed by atoms with Gasteiger partial charge < -0.3 is 33.8 Å². The third-order valence-corrected chi connectivity index (χ3v) is 18.4. The van der Waals surface area contributed by atoms with Gasteiger partial charge in [-0.05, 0) is 49.4 Å². The van der Waals surface area contributed by atoms with Crippen LogP contribution in [0.1, 0.15) is 338 Å². The van der Waals surface area contributed by atoms with Crippen LogP contribution in [0.15, 0.2) is 0 Å². The minimum absolute atomic E-state index is 0.104. The van der Waals surface area contributed by atoms with Gasteiger partial charge in [0.2, 0.25) is 0 Å². The summed E-state index contributed by atoms with van der Waals surface area (Å²) in [6, 6.07) is 0. The lowest BCUT2D eigenvalue weighted by atomic mass is 9.99. The molecule has 0 aliphatic carbocycles. The fourth-order valence-electron chi connectivity index (χ4n) is 10.2. The van der Waals surface area contributed by atoms with E-state index in [-0.39, 0.29) is 25.7 Å².